The van der Waals surface area contributed by atoms with Crippen LogP contribution >= 0.6 is 0 Å². The lowest BCUT2D eigenvalue weighted by Gasteiger charge is -2.31. The van der Waals surface area contributed by atoms with E-state index in [1.54, 1.807) is 0 Å². The number of anilines is 1. The topological polar surface area (TPSA) is 26.0 Å². The summed E-state index contributed by atoms with van der Waals surface area (Å²) in [7, 11) is 0. The molecule has 0 radical (unpaired) electrons. The summed E-state index contributed by atoms with van der Waals surface area (Å²) in [5.41, 5.74) is 11.0. The molecular formula is C14H13N. The fourth-order valence-electron chi connectivity index (χ4n) is 2.35. The SMILES string of the molecule is Nc1cccc2c1C[C@H]2c1ccccc1. The normalized spacial score (nSPS) is 18.0. The molecule has 0 heterocycles. The number of hydrogen-bond acceptors (Lipinski definition) is 1. The van der Waals surface area contributed by atoms with Crippen molar-refractivity contribution in [2.45, 2.75) is 12.3 Å². The lowest BCUT2D eigenvalue weighted by molar-refractivity contribution is 0.711. The minimum absolute atomic E-state index is 0.560. The Hall–Kier alpha value is -1.76. The van der Waals surface area contributed by atoms with Crippen molar-refractivity contribution in [3.63, 3.8) is 0 Å². The van der Waals surface area contributed by atoms with Crippen molar-refractivity contribution in [3.05, 3.63) is 65.2 Å². The van der Waals surface area contributed by atoms with Crippen molar-refractivity contribution >= 4 is 5.69 Å². The number of benzene rings is 2. The molecule has 0 spiro atoms. The maximum absolute atomic E-state index is 5.91. The molecule has 0 aromatic heterocycles. The average molecular weight is 195 g/mol. The van der Waals surface area contributed by atoms with Crippen LogP contribution in [-0.4, -0.2) is 0 Å². The van der Waals surface area contributed by atoms with Crippen LogP contribution in [0.25, 0.3) is 0 Å². The van der Waals surface area contributed by atoms with E-state index >= 15 is 0 Å². The van der Waals surface area contributed by atoms with Crippen LogP contribution in [0.3, 0.4) is 0 Å². The zero-order chi connectivity index (χ0) is 10.3. The second kappa shape index (κ2) is 3.13. The lowest BCUT2D eigenvalue weighted by Crippen LogP contribution is -2.19. The van der Waals surface area contributed by atoms with E-state index in [4.69, 9.17) is 5.73 Å². The Balaban J connectivity index is 2.02. The maximum atomic E-state index is 5.91. The second-order valence-electron chi connectivity index (χ2n) is 4.08. The summed E-state index contributed by atoms with van der Waals surface area (Å²) in [5, 5.41) is 0. The predicted molar refractivity (Wildman–Crippen MR) is 62.8 cm³/mol. The first-order valence-electron chi connectivity index (χ1n) is 5.28. The van der Waals surface area contributed by atoms with Gasteiger partial charge in [-0.3, -0.25) is 0 Å². The van der Waals surface area contributed by atoms with Gasteiger partial charge in [-0.2, -0.15) is 0 Å². The number of rotatable bonds is 1. The molecule has 1 heteroatoms. The molecule has 74 valence electrons. The van der Waals surface area contributed by atoms with Crippen LogP contribution in [0.5, 0.6) is 0 Å². The van der Waals surface area contributed by atoms with Gasteiger partial charge in [0.15, 0.2) is 0 Å². The summed E-state index contributed by atoms with van der Waals surface area (Å²) in [6.45, 7) is 0. The molecule has 0 aliphatic heterocycles. The highest BCUT2D eigenvalue weighted by Gasteiger charge is 2.28. The molecule has 3 rings (SSSR count). The molecule has 0 unspecified atom stereocenters. The largest absolute Gasteiger partial charge is 0.398 e. The number of hydrogen-bond donors (Lipinski definition) is 1. The molecule has 1 nitrogen and oxygen atoms in total. The van der Waals surface area contributed by atoms with Gasteiger partial charge in [-0.05, 0) is 29.2 Å². The quantitative estimate of drug-likeness (QED) is 0.695. The smallest absolute Gasteiger partial charge is 0.0349 e. The number of nitrogens with two attached hydrogens (primary N) is 1. The van der Waals surface area contributed by atoms with E-state index in [9.17, 15) is 0 Å². The van der Waals surface area contributed by atoms with Gasteiger partial charge in [0.1, 0.15) is 0 Å². The van der Waals surface area contributed by atoms with E-state index in [2.05, 4.69) is 36.4 Å². The van der Waals surface area contributed by atoms with Gasteiger partial charge < -0.3 is 5.73 Å². The molecule has 2 N–H and O–H groups in total. The minimum Gasteiger partial charge on any atom is -0.398 e. The van der Waals surface area contributed by atoms with Gasteiger partial charge in [0.25, 0.3) is 0 Å². The third-order valence-corrected chi connectivity index (χ3v) is 3.23. The molecule has 0 saturated carbocycles. The highest BCUT2D eigenvalue weighted by atomic mass is 14.6. The minimum atomic E-state index is 0.560. The first-order chi connectivity index (χ1) is 7.36. The number of fused-ring (bicyclic) bond motifs is 1. The predicted octanol–water partition coefficient (Wildman–Crippen LogP) is 2.96. The molecule has 1 aliphatic rings. The Morgan fingerprint density at radius 2 is 1.73 bits per heavy atom. The molecule has 0 fully saturated rings. The first kappa shape index (κ1) is 8.54. The van der Waals surface area contributed by atoms with Crippen LogP contribution in [0.1, 0.15) is 22.6 Å². The maximum Gasteiger partial charge on any atom is 0.0349 e. The fraction of sp³-hybridized carbons (Fsp3) is 0.143. The van der Waals surface area contributed by atoms with Crippen LogP contribution in [-0.2, 0) is 6.42 Å². The molecule has 2 aromatic rings. The van der Waals surface area contributed by atoms with Crippen molar-refractivity contribution in [2.24, 2.45) is 0 Å². The summed E-state index contributed by atoms with van der Waals surface area (Å²) >= 11 is 0. The molecule has 0 saturated heterocycles. The van der Waals surface area contributed by atoms with E-state index in [-0.39, 0.29) is 0 Å². The van der Waals surface area contributed by atoms with Gasteiger partial charge >= 0.3 is 0 Å². The highest BCUT2D eigenvalue weighted by molar-refractivity contribution is 5.60. The van der Waals surface area contributed by atoms with Gasteiger partial charge in [0, 0.05) is 11.6 Å². The Morgan fingerprint density at radius 3 is 2.53 bits per heavy atom. The summed E-state index contributed by atoms with van der Waals surface area (Å²) < 4.78 is 0. The molecular weight excluding hydrogens is 182 g/mol. The Labute approximate surface area is 89.6 Å². The van der Waals surface area contributed by atoms with Crippen molar-refractivity contribution in [3.8, 4) is 0 Å². The van der Waals surface area contributed by atoms with E-state index in [0.29, 0.717) is 5.92 Å². The Morgan fingerprint density at radius 1 is 0.933 bits per heavy atom. The molecule has 15 heavy (non-hydrogen) atoms. The lowest BCUT2D eigenvalue weighted by atomic mass is 9.73. The Kier molecular flexibility index (Phi) is 1.78. The third-order valence-electron chi connectivity index (χ3n) is 3.23. The summed E-state index contributed by atoms with van der Waals surface area (Å²) in [6, 6.07) is 16.9. The van der Waals surface area contributed by atoms with E-state index in [1.165, 1.54) is 16.7 Å². The average Bonchev–Trinajstić information content (AvgIpc) is 2.23. The summed E-state index contributed by atoms with van der Waals surface area (Å²) in [4.78, 5) is 0. The van der Waals surface area contributed by atoms with E-state index in [1.807, 2.05) is 12.1 Å². The number of nitrogen functional groups attached to an aromatic ring is 1. The van der Waals surface area contributed by atoms with Gasteiger partial charge in [-0.25, -0.2) is 0 Å². The van der Waals surface area contributed by atoms with Crippen molar-refractivity contribution in [1.29, 1.82) is 0 Å². The third kappa shape index (κ3) is 1.23. The van der Waals surface area contributed by atoms with Gasteiger partial charge in [0.2, 0.25) is 0 Å². The molecule has 0 amide bonds. The van der Waals surface area contributed by atoms with Gasteiger partial charge in [-0.1, -0.05) is 42.5 Å². The summed E-state index contributed by atoms with van der Waals surface area (Å²) in [6.07, 6.45) is 1.09. The standard InChI is InChI=1S/C14H13N/c15-14-8-4-7-11-12(9-13(11)14)10-5-2-1-3-6-10/h1-8,12H,9,15H2/t12-/m0/s1. The monoisotopic (exact) mass is 195 g/mol. The van der Waals surface area contributed by atoms with Crippen LogP contribution < -0.4 is 5.73 Å². The van der Waals surface area contributed by atoms with Crippen LogP contribution in [0, 0.1) is 0 Å². The van der Waals surface area contributed by atoms with Crippen LogP contribution in [0.2, 0.25) is 0 Å². The molecule has 2 aromatic carbocycles. The van der Waals surface area contributed by atoms with E-state index in [0.717, 1.165) is 12.1 Å². The van der Waals surface area contributed by atoms with Crippen molar-refractivity contribution in [1.82, 2.24) is 0 Å². The first-order valence-corrected chi connectivity index (χ1v) is 5.28. The van der Waals surface area contributed by atoms with Crippen molar-refractivity contribution in [2.75, 3.05) is 5.73 Å². The van der Waals surface area contributed by atoms with E-state index < -0.39 is 0 Å². The molecule has 1 atom stereocenters. The zero-order valence-corrected chi connectivity index (χ0v) is 8.48. The molecule has 0 bridgehead atoms. The van der Waals surface area contributed by atoms with Crippen LogP contribution in [0.4, 0.5) is 5.69 Å². The Bertz CT molecular complexity index is 488. The van der Waals surface area contributed by atoms with Gasteiger partial charge in [0.05, 0.1) is 0 Å². The zero-order valence-electron chi connectivity index (χ0n) is 8.48. The highest BCUT2D eigenvalue weighted by Crippen LogP contribution is 2.42. The fourth-order valence-corrected chi connectivity index (χ4v) is 2.35. The second-order valence-corrected chi connectivity index (χ2v) is 4.08. The van der Waals surface area contributed by atoms with Crippen molar-refractivity contribution < 1.29 is 0 Å². The van der Waals surface area contributed by atoms with Crippen LogP contribution in [0.15, 0.2) is 48.5 Å². The van der Waals surface area contributed by atoms with Gasteiger partial charge in [-0.15, -0.1) is 0 Å². The molecule has 1 aliphatic carbocycles. The summed E-state index contributed by atoms with van der Waals surface area (Å²) in [5.74, 6) is 0.560.